The highest BCUT2D eigenvalue weighted by molar-refractivity contribution is 5.98. The summed E-state index contributed by atoms with van der Waals surface area (Å²) in [6, 6.07) is 8.92. The predicted molar refractivity (Wildman–Crippen MR) is 186 cm³/mol. The fraction of sp³-hybridized carbons (Fsp3) is 0.556. The Morgan fingerprint density at radius 2 is 1.96 bits per heavy atom. The van der Waals surface area contributed by atoms with E-state index in [4.69, 9.17) is 10.5 Å². The lowest BCUT2D eigenvalue weighted by molar-refractivity contribution is -0.525. The number of nitrogens with two attached hydrogens (primary N) is 1. The standard InChI is InChI=1S/C25H37N5O3.C9H12N2O.C2H6/c1-6-8-20(26)29-19-13-27-15(2)30-14-18(22(31)25(19,30)5)28-23(32)16-9-7-10-17-21(16)33-12-11-24(17,3)4;1-7-3-4-8(11-6-7)5-9(12)10-2;1-2/h7,9-10,18-19,22,27,31H,2,6,8,11-14H2,1,3-5H3,(H2,26,29)(H,28,32);3-4,6H,5H2,1-2H3,(H,10,12);1-2H3/p+1. The minimum absolute atomic E-state index is 0.00801. The van der Waals surface area contributed by atoms with E-state index in [2.05, 4.69) is 53.3 Å². The average Bonchev–Trinajstić information content (AvgIpc) is 3.31. The molecule has 4 heterocycles. The molecule has 2 aromatic rings. The molecule has 47 heavy (non-hydrogen) atoms. The molecule has 0 spiro atoms. The molecule has 5 rings (SSSR count). The number of aliphatic hydroxyl groups excluding tert-OH is 1. The molecule has 1 aromatic heterocycles. The molecule has 4 unspecified atom stereocenters. The van der Waals surface area contributed by atoms with Crippen molar-refractivity contribution in [2.45, 2.75) is 103 Å². The summed E-state index contributed by atoms with van der Waals surface area (Å²) in [5.74, 6) is 1.84. The molecule has 7 N–H and O–H groups in total. The van der Waals surface area contributed by atoms with E-state index in [1.54, 1.807) is 19.3 Å². The van der Waals surface area contributed by atoms with E-state index in [1.807, 2.05) is 56.9 Å². The van der Waals surface area contributed by atoms with Crippen molar-refractivity contribution in [3.8, 4) is 5.75 Å². The van der Waals surface area contributed by atoms with Crippen LogP contribution in [0.1, 0.15) is 88.0 Å². The number of rotatable bonds is 7. The Balaban J connectivity index is 0.000000360. The van der Waals surface area contributed by atoms with E-state index in [9.17, 15) is 14.7 Å². The second kappa shape index (κ2) is 16.1. The normalized spacial score (nSPS) is 24.1. The van der Waals surface area contributed by atoms with E-state index in [-0.39, 0.29) is 23.3 Å². The number of fused-ring (bicyclic) bond motifs is 2. The molecule has 11 nitrogen and oxygen atoms in total. The molecular weight excluding hydrogens is 594 g/mol. The second-order valence-corrected chi connectivity index (χ2v) is 13.0. The number of ether oxygens (including phenoxy) is 1. The van der Waals surface area contributed by atoms with Gasteiger partial charge >= 0.3 is 0 Å². The first kappa shape index (κ1) is 37.3. The van der Waals surface area contributed by atoms with Crippen molar-refractivity contribution in [1.82, 2.24) is 25.8 Å². The van der Waals surface area contributed by atoms with Gasteiger partial charge in [0.1, 0.15) is 23.4 Å². The number of nitrogens with zero attached hydrogens (tertiary/aromatic N) is 2. The van der Waals surface area contributed by atoms with E-state index >= 15 is 0 Å². The van der Waals surface area contributed by atoms with Crippen molar-refractivity contribution in [3.63, 3.8) is 0 Å². The first-order chi connectivity index (χ1) is 22.3. The lowest BCUT2D eigenvalue weighted by Crippen LogP contribution is -2.92. The highest BCUT2D eigenvalue weighted by Gasteiger charge is 2.58. The number of aliphatic hydroxyl groups is 1. The molecule has 3 aliphatic rings. The van der Waals surface area contributed by atoms with Gasteiger partial charge < -0.3 is 30.7 Å². The smallest absolute Gasteiger partial charge is 0.255 e. The number of hydrogen-bond acceptors (Lipinski definition) is 7. The third-order valence-corrected chi connectivity index (χ3v) is 9.23. The Hall–Kier alpha value is -4.12. The summed E-state index contributed by atoms with van der Waals surface area (Å²) >= 11 is 0. The zero-order valence-electron chi connectivity index (χ0n) is 29.5. The van der Waals surface area contributed by atoms with Crippen molar-refractivity contribution < 1.29 is 24.4 Å². The molecule has 1 aromatic carbocycles. The molecule has 11 heteroatoms. The van der Waals surface area contributed by atoms with Crippen LogP contribution in [0.4, 0.5) is 0 Å². The van der Waals surface area contributed by atoms with Gasteiger partial charge in [-0.05, 0) is 49.8 Å². The van der Waals surface area contributed by atoms with Crippen molar-refractivity contribution in [3.05, 3.63) is 71.3 Å². The molecule has 0 aliphatic carbocycles. The lowest BCUT2D eigenvalue weighted by Gasteiger charge is -2.46. The number of likely N-dealkylation sites (N-methyl/N-ethyl adjacent to an activating group) is 1. The SMILES string of the molecule is C=C1NCC([NH+]=C(N)CCC)C2(C)C(O)C(NC(=O)c3cccc4c3OCCC4(C)C)CN12.CC.CNC(=O)Cc1ccc(C)cn1. The highest BCUT2D eigenvalue weighted by Crippen LogP contribution is 2.41. The van der Waals surface area contributed by atoms with Gasteiger partial charge in [-0.25, -0.2) is 0 Å². The summed E-state index contributed by atoms with van der Waals surface area (Å²) in [5, 5.41) is 20.4. The maximum Gasteiger partial charge on any atom is 0.255 e. The summed E-state index contributed by atoms with van der Waals surface area (Å²) in [6.45, 7) is 20.1. The minimum atomic E-state index is -0.816. The number of pyridine rings is 1. The molecule has 0 bridgehead atoms. The van der Waals surface area contributed by atoms with Gasteiger partial charge in [0.25, 0.3) is 5.91 Å². The number of para-hydroxylation sites is 1. The van der Waals surface area contributed by atoms with Crippen LogP contribution in [0.15, 0.2) is 48.9 Å². The zero-order chi connectivity index (χ0) is 34.9. The first-order valence-electron chi connectivity index (χ1n) is 16.8. The second-order valence-electron chi connectivity index (χ2n) is 13.0. The van der Waals surface area contributed by atoms with Gasteiger partial charge in [-0.1, -0.05) is 59.4 Å². The van der Waals surface area contributed by atoms with Crippen molar-refractivity contribution in [2.75, 3.05) is 26.7 Å². The third kappa shape index (κ3) is 8.43. The number of aromatic nitrogens is 1. The number of hydrogen-bond donors (Lipinski definition) is 6. The van der Waals surface area contributed by atoms with Crippen LogP contribution in [0, 0.1) is 6.92 Å². The van der Waals surface area contributed by atoms with Crippen molar-refractivity contribution >= 4 is 17.6 Å². The summed E-state index contributed by atoms with van der Waals surface area (Å²) in [7, 11) is 1.62. The average molecular weight is 651 g/mol. The molecular formula is C36H56N7O4+. The molecule has 2 fully saturated rings. The quantitative estimate of drug-likeness (QED) is 0.195. The van der Waals surface area contributed by atoms with Gasteiger partial charge in [-0.3, -0.25) is 25.3 Å². The number of carbonyl (C=O) groups is 2. The van der Waals surface area contributed by atoms with E-state index in [1.165, 1.54) is 0 Å². The summed E-state index contributed by atoms with van der Waals surface area (Å²) in [4.78, 5) is 33.8. The summed E-state index contributed by atoms with van der Waals surface area (Å²) in [5.41, 5.74) is 8.92. The molecule has 4 atom stereocenters. The van der Waals surface area contributed by atoms with Gasteiger partial charge in [0.2, 0.25) is 11.7 Å². The van der Waals surface area contributed by atoms with Crippen molar-refractivity contribution in [1.29, 1.82) is 0 Å². The van der Waals surface area contributed by atoms with Crippen LogP contribution < -0.4 is 31.4 Å². The molecule has 3 aliphatic heterocycles. The lowest BCUT2D eigenvalue weighted by atomic mass is 9.79. The number of aryl methyl sites for hydroxylation is 1. The van der Waals surface area contributed by atoms with Crippen LogP contribution in [-0.2, 0) is 16.6 Å². The number of amidine groups is 1. The zero-order valence-corrected chi connectivity index (χ0v) is 29.5. The number of amides is 2. The Morgan fingerprint density at radius 3 is 2.60 bits per heavy atom. The largest absolute Gasteiger partial charge is 0.492 e. The fourth-order valence-electron chi connectivity index (χ4n) is 6.31. The van der Waals surface area contributed by atoms with Crippen LogP contribution >= 0.6 is 0 Å². The van der Waals surface area contributed by atoms with Crippen LogP contribution in [-0.4, -0.2) is 83.1 Å². The van der Waals surface area contributed by atoms with E-state index in [0.29, 0.717) is 43.3 Å². The Morgan fingerprint density at radius 1 is 1.23 bits per heavy atom. The molecule has 2 amide bonds. The fourth-order valence-corrected chi connectivity index (χ4v) is 6.31. The number of benzene rings is 1. The van der Waals surface area contributed by atoms with E-state index in [0.717, 1.165) is 41.9 Å². The van der Waals surface area contributed by atoms with Gasteiger partial charge in [-0.2, -0.15) is 0 Å². The summed E-state index contributed by atoms with van der Waals surface area (Å²) < 4.78 is 5.93. The van der Waals surface area contributed by atoms with Gasteiger partial charge in [-0.15, -0.1) is 0 Å². The maximum absolute atomic E-state index is 13.4. The first-order valence-corrected chi connectivity index (χ1v) is 16.8. The Labute approximate surface area is 280 Å². The monoisotopic (exact) mass is 650 g/mol. The number of nitrogens with one attached hydrogen (secondary N) is 4. The van der Waals surface area contributed by atoms with Crippen LogP contribution in [0.3, 0.4) is 0 Å². The van der Waals surface area contributed by atoms with Gasteiger partial charge in [0, 0.05) is 37.5 Å². The van der Waals surface area contributed by atoms with Gasteiger partial charge in [0.05, 0.1) is 37.0 Å². The molecule has 258 valence electrons. The molecule has 0 radical (unpaired) electrons. The van der Waals surface area contributed by atoms with E-state index < -0.39 is 17.7 Å². The van der Waals surface area contributed by atoms with Crippen LogP contribution in [0.25, 0.3) is 0 Å². The third-order valence-electron chi connectivity index (χ3n) is 9.23. The minimum Gasteiger partial charge on any atom is -0.492 e. The Kier molecular flexibility index (Phi) is 12.8. The van der Waals surface area contributed by atoms with Gasteiger partial charge in [0.15, 0.2) is 0 Å². The van der Waals surface area contributed by atoms with Crippen LogP contribution in [0.2, 0.25) is 0 Å². The highest BCUT2D eigenvalue weighted by atomic mass is 16.5. The topological polar surface area (TPSA) is 156 Å². The van der Waals surface area contributed by atoms with Crippen LogP contribution in [0.5, 0.6) is 5.75 Å². The summed E-state index contributed by atoms with van der Waals surface area (Å²) in [6.07, 6.45) is 3.91. The number of carbonyl (C=O) groups excluding carboxylic acids is 2. The molecule has 0 saturated carbocycles. The van der Waals surface area contributed by atoms with Crippen molar-refractivity contribution in [2.24, 2.45) is 5.73 Å². The Bertz CT molecular complexity index is 1420. The molecule has 2 saturated heterocycles. The predicted octanol–water partition coefficient (Wildman–Crippen LogP) is 1.67. The maximum atomic E-state index is 13.4.